The van der Waals surface area contributed by atoms with E-state index in [1.807, 2.05) is 0 Å². The quantitative estimate of drug-likeness (QED) is 0.0320. The Bertz CT molecular complexity index is 1240. The Morgan fingerprint density at radius 2 is 0.676 bits per heavy atom. The monoisotopic (exact) mass is 1040 g/mol. The van der Waals surface area contributed by atoms with Crippen molar-refractivity contribution in [2.24, 2.45) is 0 Å². The zero-order valence-corrected chi connectivity index (χ0v) is 49.6. The molecule has 0 aliphatic carbocycles. The second kappa shape index (κ2) is 63.4. The lowest BCUT2D eigenvalue weighted by Crippen LogP contribution is -2.45. The molecule has 2 unspecified atom stereocenters. The fourth-order valence-corrected chi connectivity index (χ4v) is 10.1. The van der Waals surface area contributed by atoms with E-state index in [1.165, 1.54) is 225 Å². The van der Waals surface area contributed by atoms with Crippen molar-refractivity contribution in [2.75, 3.05) is 13.2 Å². The van der Waals surface area contributed by atoms with Crippen LogP contribution in [0.5, 0.6) is 0 Å². The average molecular weight is 1040 g/mol. The lowest BCUT2D eigenvalue weighted by atomic mass is 10.0. The van der Waals surface area contributed by atoms with Crippen molar-refractivity contribution in [3.8, 4) is 0 Å². The smallest absolute Gasteiger partial charge is 0.305 e. The largest absolute Gasteiger partial charge is 0.466 e. The Morgan fingerprint density at radius 1 is 0.378 bits per heavy atom. The summed E-state index contributed by atoms with van der Waals surface area (Å²) in [6.07, 6.45) is 81.3. The third-order valence-corrected chi connectivity index (χ3v) is 15.1. The van der Waals surface area contributed by atoms with Gasteiger partial charge in [-0.05, 0) is 96.3 Å². The highest BCUT2D eigenvalue weighted by atomic mass is 16.5. The summed E-state index contributed by atoms with van der Waals surface area (Å²) >= 11 is 0. The molecule has 0 aromatic rings. The number of hydrogen-bond donors (Lipinski definition) is 3. The molecule has 0 saturated heterocycles. The molecule has 0 radical (unpaired) electrons. The van der Waals surface area contributed by atoms with Gasteiger partial charge in [-0.2, -0.15) is 0 Å². The van der Waals surface area contributed by atoms with Crippen LogP contribution in [0.4, 0.5) is 0 Å². The molecule has 0 aromatic heterocycles. The summed E-state index contributed by atoms with van der Waals surface area (Å²) in [6, 6.07) is -0.556. The molecule has 6 heteroatoms. The number of amides is 1. The first-order valence-electron chi connectivity index (χ1n) is 32.9. The van der Waals surface area contributed by atoms with Crippen molar-refractivity contribution >= 4 is 11.9 Å². The molecule has 6 nitrogen and oxygen atoms in total. The molecule has 0 rings (SSSR count). The first kappa shape index (κ1) is 71.8. The Morgan fingerprint density at radius 3 is 1.05 bits per heavy atom. The molecule has 0 aliphatic heterocycles. The predicted octanol–water partition coefficient (Wildman–Crippen LogP) is 20.9. The van der Waals surface area contributed by atoms with Gasteiger partial charge in [0.15, 0.2) is 0 Å². The van der Waals surface area contributed by atoms with Gasteiger partial charge in [0.1, 0.15) is 0 Å². The molecule has 434 valence electrons. The van der Waals surface area contributed by atoms with E-state index in [2.05, 4.69) is 67.8 Å². The average Bonchev–Trinajstić information content (AvgIpc) is 3.40. The van der Waals surface area contributed by atoms with E-state index in [-0.39, 0.29) is 18.5 Å². The molecule has 0 aliphatic rings. The van der Waals surface area contributed by atoms with Gasteiger partial charge in [0.2, 0.25) is 5.91 Å². The number of carbonyl (C=O) groups excluding carboxylic acids is 2. The number of aliphatic hydroxyl groups excluding tert-OH is 2. The molecule has 2 atom stereocenters. The molecule has 74 heavy (non-hydrogen) atoms. The first-order chi connectivity index (χ1) is 36.5. The zero-order chi connectivity index (χ0) is 53.6. The summed E-state index contributed by atoms with van der Waals surface area (Å²) in [5.74, 6) is -0.0715. The van der Waals surface area contributed by atoms with E-state index in [0.29, 0.717) is 25.9 Å². The summed E-state index contributed by atoms with van der Waals surface area (Å²) in [4.78, 5) is 24.6. The number of unbranched alkanes of at least 4 members (excludes halogenated alkanes) is 42. The van der Waals surface area contributed by atoms with Gasteiger partial charge in [-0.25, -0.2) is 0 Å². The summed E-state index contributed by atoms with van der Waals surface area (Å²) < 4.78 is 5.46. The van der Waals surface area contributed by atoms with Crippen molar-refractivity contribution < 1.29 is 24.5 Å². The van der Waals surface area contributed by atoms with Crippen LogP contribution in [0.25, 0.3) is 0 Å². The normalized spacial score (nSPS) is 12.9. The van der Waals surface area contributed by atoms with E-state index < -0.39 is 12.1 Å². The van der Waals surface area contributed by atoms with Crippen molar-refractivity contribution in [2.45, 2.75) is 360 Å². The van der Waals surface area contributed by atoms with E-state index in [9.17, 15) is 19.8 Å². The van der Waals surface area contributed by atoms with Crippen molar-refractivity contribution in [3.63, 3.8) is 0 Å². The number of rotatable bonds is 61. The number of carbonyl (C=O) groups is 2. The number of esters is 1. The maximum absolute atomic E-state index is 12.5. The molecule has 0 spiro atoms. The van der Waals surface area contributed by atoms with Crippen LogP contribution in [0.15, 0.2) is 48.6 Å². The predicted molar refractivity (Wildman–Crippen MR) is 324 cm³/mol. The Kier molecular flexibility index (Phi) is 61.5. The van der Waals surface area contributed by atoms with E-state index in [4.69, 9.17) is 4.74 Å². The van der Waals surface area contributed by atoms with Crippen molar-refractivity contribution in [1.29, 1.82) is 0 Å². The number of ether oxygens (including phenoxy) is 1. The molecule has 0 saturated carbocycles. The van der Waals surface area contributed by atoms with E-state index >= 15 is 0 Å². The molecule has 1 amide bonds. The topological polar surface area (TPSA) is 95.9 Å². The highest BCUT2D eigenvalue weighted by Gasteiger charge is 2.20. The molecule has 0 bridgehead atoms. The minimum absolute atomic E-state index is 0.0228. The van der Waals surface area contributed by atoms with Crippen LogP contribution in [0.3, 0.4) is 0 Å². The number of nitrogens with one attached hydrogen (secondary N) is 1. The fraction of sp³-hybridized carbons (Fsp3) is 0.853. The van der Waals surface area contributed by atoms with Crippen LogP contribution in [-0.2, 0) is 14.3 Å². The highest BCUT2D eigenvalue weighted by Crippen LogP contribution is 2.18. The fourth-order valence-electron chi connectivity index (χ4n) is 10.1. The van der Waals surface area contributed by atoms with Crippen LogP contribution in [0.1, 0.15) is 348 Å². The molecule has 0 fully saturated rings. The Hall–Kier alpha value is -2.18. The van der Waals surface area contributed by atoms with Crippen LogP contribution in [0.2, 0.25) is 0 Å². The molecular formula is C68H127NO5. The second-order valence-corrected chi connectivity index (χ2v) is 22.4. The Balaban J connectivity index is 3.49. The Labute approximate surface area is 461 Å². The van der Waals surface area contributed by atoms with Crippen LogP contribution in [0, 0.1) is 0 Å². The van der Waals surface area contributed by atoms with E-state index in [1.54, 1.807) is 0 Å². The van der Waals surface area contributed by atoms with E-state index in [0.717, 1.165) is 89.9 Å². The maximum atomic E-state index is 12.5. The maximum Gasteiger partial charge on any atom is 0.305 e. The number of hydrogen-bond acceptors (Lipinski definition) is 5. The minimum Gasteiger partial charge on any atom is -0.466 e. The lowest BCUT2D eigenvalue weighted by molar-refractivity contribution is -0.143. The van der Waals surface area contributed by atoms with Crippen LogP contribution in [-0.4, -0.2) is 47.4 Å². The second-order valence-electron chi connectivity index (χ2n) is 22.4. The molecule has 0 heterocycles. The highest BCUT2D eigenvalue weighted by molar-refractivity contribution is 5.76. The standard InChI is InChI=1S/C68H127NO5/c1-3-5-7-9-11-13-15-17-19-21-22-23-24-25-26-29-32-36-40-44-48-52-56-60-66(71)65(64-70)69-67(72)61-57-53-49-45-41-37-33-30-27-31-35-39-43-47-51-55-59-63-74-68(73)62-58-54-50-46-42-38-34-28-20-18-16-14-12-10-8-6-4-2/h12,14,18,20,27,31,39,43,65-66,70-71H,3-11,13,15-17,19,21-26,28-30,32-38,40-42,44-64H2,1-2H3,(H,69,72)/b14-12-,20-18-,31-27-,43-39-. The number of aliphatic hydroxyl groups is 2. The zero-order valence-electron chi connectivity index (χ0n) is 49.6. The van der Waals surface area contributed by atoms with Gasteiger partial charge in [-0.3, -0.25) is 9.59 Å². The minimum atomic E-state index is -0.678. The van der Waals surface area contributed by atoms with Gasteiger partial charge < -0.3 is 20.3 Å². The summed E-state index contributed by atoms with van der Waals surface area (Å²) in [5.41, 5.74) is 0. The third-order valence-electron chi connectivity index (χ3n) is 15.1. The van der Waals surface area contributed by atoms with Crippen LogP contribution < -0.4 is 5.32 Å². The number of allylic oxidation sites excluding steroid dienone is 8. The van der Waals surface area contributed by atoms with Gasteiger partial charge in [0, 0.05) is 12.8 Å². The van der Waals surface area contributed by atoms with Gasteiger partial charge in [-0.1, -0.05) is 287 Å². The van der Waals surface area contributed by atoms with Gasteiger partial charge >= 0.3 is 5.97 Å². The van der Waals surface area contributed by atoms with Gasteiger partial charge in [0.25, 0.3) is 0 Å². The first-order valence-corrected chi connectivity index (χ1v) is 32.9. The van der Waals surface area contributed by atoms with Crippen LogP contribution >= 0.6 is 0 Å². The molecule has 3 N–H and O–H groups in total. The van der Waals surface area contributed by atoms with Crippen molar-refractivity contribution in [3.05, 3.63) is 48.6 Å². The summed E-state index contributed by atoms with van der Waals surface area (Å²) in [6.45, 7) is 4.90. The SMILES string of the molecule is CCCCC/C=C\C/C=C\CCCCCCCCCC(=O)OCCCCC/C=C\C/C=C\CCCCCCCCCC(=O)NC(CO)C(O)CCCCCCCCCCCCCCCCCCCCCCCCC. The summed E-state index contributed by atoms with van der Waals surface area (Å²) in [7, 11) is 0. The molecular weight excluding hydrogens is 911 g/mol. The lowest BCUT2D eigenvalue weighted by Gasteiger charge is -2.22. The van der Waals surface area contributed by atoms with Gasteiger partial charge in [0.05, 0.1) is 25.4 Å². The third kappa shape index (κ3) is 59.1. The van der Waals surface area contributed by atoms with Gasteiger partial charge in [-0.15, -0.1) is 0 Å². The molecule has 0 aromatic carbocycles. The van der Waals surface area contributed by atoms with Crippen molar-refractivity contribution in [1.82, 2.24) is 5.32 Å². The summed E-state index contributed by atoms with van der Waals surface area (Å²) in [5, 5.41) is 23.4.